The molecule has 0 radical (unpaired) electrons. The molecule has 0 fully saturated rings. The van der Waals surface area contributed by atoms with E-state index in [9.17, 15) is 9.59 Å². The van der Waals surface area contributed by atoms with Gasteiger partial charge in [-0.1, -0.05) is 18.2 Å². The van der Waals surface area contributed by atoms with Gasteiger partial charge in [0.2, 0.25) is 5.91 Å². The van der Waals surface area contributed by atoms with Crippen LogP contribution in [0.5, 0.6) is 11.5 Å². The summed E-state index contributed by atoms with van der Waals surface area (Å²) in [4.78, 5) is 25.3. The second-order valence-corrected chi connectivity index (χ2v) is 6.48. The van der Waals surface area contributed by atoms with Crippen LogP contribution in [0.1, 0.15) is 24.5 Å². The van der Waals surface area contributed by atoms with Crippen LogP contribution < -0.4 is 14.8 Å². The first-order valence-corrected chi connectivity index (χ1v) is 8.53. The number of carbonyl (C=O) groups excluding carboxylic acids is 2. The molecule has 7 heteroatoms. The number of carbonyl (C=O) groups is 2. The molecule has 1 unspecified atom stereocenters. The fourth-order valence-electron chi connectivity index (χ4n) is 3.76. The molecular weight excluding hydrogens is 346 g/mol. The number of nitrogens with one attached hydrogen (secondary N) is 1. The van der Waals surface area contributed by atoms with E-state index in [-0.39, 0.29) is 18.2 Å². The first kappa shape index (κ1) is 17.1. The van der Waals surface area contributed by atoms with E-state index < -0.39 is 5.54 Å². The lowest BCUT2D eigenvalue weighted by Crippen LogP contribution is -2.47. The zero-order chi connectivity index (χ0) is 19.2. The number of nitrogens with zero attached hydrogens (tertiary/aromatic N) is 2. The minimum absolute atomic E-state index is 0.252. The highest BCUT2D eigenvalue weighted by molar-refractivity contribution is 6.15. The highest BCUT2D eigenvalue weighted by atomic mass is 16.5. The molecule has 0 saturated heterocycles. The number of hydrogen-bond donors (Lipinski definition) is 1. The molecule has 2 aromatic rings. The van der Waals surface area contributed by atoms with E-state index in [0.29, 0.717) is 22.9 Å². The normalized spacial score (nSPS) is 20.3. The third-order valence-corrected chi connectivity index (χ3v) is 5.02. The molecule has 1 spiro atoms. The van der Waals surface area contributed by atoms with E-state index >= 15 is 0 Å². The van der Waals surface area contributed by atoms with Gasteiger partial charge in [-0.25, -0.2) is 5.01 Å². The predicted molar refractivity (Wildman–Crippen MR) is 100.0 cm³/mol. The topological polar surface area (TPSA) is 80.2 Å². The van der Waals surface area contributed by atoms with Gasteiger partial charge in [-0.2, -0.15) is 5.10 Å². The Morgan fingerprint density at radius 2 is 1.89 bits per heavy atom. The molecule has 0 aliphatic carbocycles. The van der Waals surface area contributed by atoms with E-state index in [4.69, 9.17) is 9.47 Å². The maximum Gasteiger partial charge on any atom is 0.257 e. The molecule has 138 valence electrons. The molecule has 7 nitrogen and oxygen atoms in total. The minimum Gasteiger partial charge on any atom is -0.493 e. The molecule has 2 heterocycles. The maximum atomic E-state index is 12.9. The third-order valence-electron chi connectivity index (χ3n) is 5.02. The number of amides is 2. The molecule has 0 saturated carbocycles. The molecule has 2 amide bonds. The summed E-state index contributed by atoms with van der Waals surface area (Å²) in [6.45, 7) is 1.41. The van der Waals surface area contributed by atoms with Crippen LogP contribution in [0.3, 0.4) is 0 Å². The highest BCUT2D eigenvalue weighted by Gasteiger charge is 2.56. The number of hydrogen-bond acceptors (Lipinski definition) is 5. The third kappa shape index (κ3) is 2.38. The summed E-state index contributed by atoms with van der Waals surface area (Å²) >= 11 is 0. The van der Waals surface area contributed by atoms with Crippen LogP contribution in [-0.2, 0) is 15.1 Å². The summed E-state index contributed by atoms with van der Waals surface area (Å²) in [6, 6.07) is 12.8. The fourth-order valence-corrected chi connectivity index (χ4v) is 3.76. The second-order valence-electron chi connectivity index (χ2n) is 6.48. The standard InChI is InChI=1S/C20H19N3O4/c1-12(24)23-20(14-6-4-5-7-15(14)21-19(20)25)11-16(22-23)13-8-9-17(26-2)18(10-13)27-3/h4-10H,11H2,1-3H3,(H,21,25). The van der Waals surface area contributed by atoms with Gasteiger partial charge < -0.3 is 14.8 Å². The molecule has 1 atom stereocenters. The molecule has 0 bridgehead atoms. The van der Waals surface area contributed by atoms with Gasteiger partial charge in [0, 0.05) is 30.2 Å². The summed E-state index contributed by atoms with van der Waals surface area (Å²) in [5.41, 5.74) is 1.71. The number of para-hydroxylation sites is 1. The number of benzene rings is 2. The molecule has 2 aliphatic rings. The summed E-state index contributed by atoms with van der Waals surface area (Å²) in [6.07, 6.45) is 0.283. The van der Waals surface area contributed by atoms with Crippen LogP contribution in [0.2, 0.25) is 0 Å². The van der Waals surface area contributed by atoms with Crippen LogP contribution in [0.15, 0.2) is 47.6 Å². The number of methoxy groups -OCH3 is 2. The van der Waals surface area contributed by atoms with Crippen molar-refractivity contribution in [3.63, 3.8) is 0 Å². The van der Waals surface area contributed by atoms with E-state index in [0.717, 1.165) is 11.1 Å². The maximum absolute atomic E-state index is 12.9. The molecular formula is C20H19N3O4. The molecule has 1 N–H and O–H groups in total. The number of anilines is 1. The van der Waals surface area contributed by atoms with Gasteiger partial charge >= 0.3 is 0 Å². The summed E-state index contributed by atoms with van der Waals surface area (Å²) in [5, 5.41) is 8.69. The van der Waals surface area contributed by atoms with Crippen LogP contribution in [0, 0.1) is 0 Å². The van der Waals surface area contributed by atoms with Crippen molar-refractivity contribution >= 4 is 23.2 Å². The van der Waals surface area contributed by atoms with Gasteiger partial charge in [-0.3, -0.25) is 9.59 Å². The van der Waals surface area contributed by atoms with Crippen molar-refractivity contribution < 1.29 is 19.1 Å². The first-order chi connectivity index (χ1) is 13.0. The average molecular weight is 365 g/mol. The van der Waals surface area contributed by atoms with Crippen molar-refractivity contribution in [1.29, 1.82) is 0 Å². The number of rotatable bonds is 3. The number of hydrazone groups is 1. The molecule has 4 rings (SSSR count). The molecule has 0 aromatic heterocycles. The van der Waals surface area contributed by atoms with Gasteiger partial charge in [0.15, 0.2) is 17.0 Å². The van der Waals surface area contributed by atoms with Crippen molar-refractivity contribution in [2.45, 2.75) is 18.9 Å². The van der Waals surface area contributed by atoms with Crippen molar-refractivity contribution in [3.8, 4) is 11.5 Å². The van der Waals surface area contributed by atoms with Crippen LogP contribution in [0.25, 0.3) is 0 Å². The van der Waals surface area contributed by atoms with E-state index in [1.165, 1.54) is 11.9 Å². The van der Waals surface area contributed by atoms with Gasteiger partial charge in [0.25, 0.3) is 5.91 Å². The molecule has 2 aromatic carbocycles. The van der Waals surface area contributed by atoms with Gasteiger partial charge in [-0.15, -0.1) is 0 Å². The smallest absolute Gasteiger partial charge is 0.257 e. The van der Waals surface area contributed by atoms with Crippen molar-refractivity contribution in [2.75, 3.05) is 19.5 Å². The Kier molecular flexibility index (Phi) is 3.87. The lowest BCUT2D eigenvalue weighted by Gasteiger charge is -2.29. The first-order valence-electron chi connectivity index (χ1n) is 8.53. The predicted octanol–water partition coefficient (Wildman–Crippen LogP) is 2.51. The van der Waals surface area contributed by atoms with Crippen LogP contribution in [-0.4, -0.2) is 36.8 Å². The zero-order valence-electron chi connectivity index (χ0n) is 15.3. The lowest BCUT2D eigenvalue weighted by molar-refractivity contribution is -0.142. The lowest BCUT2D eigenvalue weighted by atomic mass is 9.85. The second kappa shape index (κ2) is 6.12. The van der Waals surface area contributed by atoms with E-state index in [1.54, 1.807) is 26.4 Å². The Balaban J connectivity index is 1.82. The van der Waals surface area contributed by atoms with E-state index in [2.05, 4.69) is 10.4 Å². The minimum atomic E-state index is -1.16. The van der Waals surface area contributed by atoms with Gasteiger partial charge in [0.05, 0.1) is 19.9 Å². The Morgan fingerprint density at radius 1 is 1.15 bits per heavy atom. The Morgan fingerprint density at radius 3 is 2.59 bits per heavy atom. The SMILES string of the molecule is COc1ccc(C2=NN(C(C)=O)C3(C2)C(=O)Nc2ccccc23)cc1OC. The van der Waals surface area contributed by atoms with Crippen molar-refractivity contribution in [3.05, 3.63) is 53.6 Å². The monoisotopic (exact) mass is 365 g/mol. The highest BCUT2D eigenvalue weighted by Crippen LogP contribution is 2.47. The van der Waals surface area contributed by atoms with Crippen molar-refractivity contribution in [2.24, 2.45) is 5.10 Å². The molecule has 27 heavy (non-hydrogen) atoms. The fraction of sp³-hybridized carbons (Fsp3) is 0.250. The number of ether oxygens (including phenoxy) is 2. The van der Waals surface area contributed by atoms with Crippen LogP contribution >= 0.6 is 0 Å². The van der Waals surface area contributed by atoms with Crippen LogP contribution in [0.4, 0.5) is 5.69 Å². The number of fused-ring (bicyclic) bond motifs is 2. The summed E-state index contributed by atoms with van der Waals surface area (Å²) in [5.74, 6) is 0.613. The molecule has 2 aliphatic heterocycles. The Labute approximate surface area is 156 Å². The van der Waals surface area contributed by atoms with Gasteiger partial charge in [0.1, 0.15) is 0 Å². The largest absolute Gasteiger partial charge is 0.493 e. The zero-order valence-corrected chi connectivity index (χ0v) is 15.3. The van der Waals surface area contributed by atoms with Gasteiger partial charge in [-0.05, 0) is 24.3 Å². The summed E-state index contributed by atoms with van der Waals surface area (Å²) < 4.78 is 10.6. The Bertz CT molecular complexity index is 985. The van der Waals surface area contributed by atoms with E-state index in [1.807, 2.05) is 30.3 Å². The summed E-state index contributed by atoms with van der Waals surface area (Å²) in [7, 11) is 3.12. The van der Waals surface area contributed by atoms with Crippen molar-refractivity contribution in [1.82, 2.24) is 5.01 Å². The quantitative estimate of drug-likeness (QED) is 0.906. The average Bonchev–Trinajstić information content (AvgIpc) is 3.21. The Hall–Kier alpha value is -3.35.